The zero-order valence-corrected chi connectivity index (χ0v) is 13.3. The first-order chi connectivity index (χ1) is 11.5. The average molecular weight is 329 g/mol. The number of amides is 1. The number of aryl methyl sites for hydroxylation is 1. The maximum Gasteiger partial charge on any atom is 0.332 e. The topological polar surface area (TPSA) is 93.5 Å². The summed E-state index contributed by atoms with van der Waals surface area (Å²) in [4.78, 5) is 23.1. The highest BCUT2D eigenvalue weighted by Gasteiger charge is 2.34. The molecule has 0 unspecified atom stereocenters. The summed E-state index contributed by atoms with van der Waals surface area (Å²) in [5.74, 6) is -1.31. The van der Waals surface area contributed by atoms with Gasteiger partial charge < -0.3 is 15.2 Å². The van der Waals surface area contributed by atoms with Gasteiger partial charge in [0.15, 0.2) is 6.10 Å². The fraction of sp³-hybridized carbons (Fsp3) is 0.353. The van der Waals surface area contributed by atoms with Gasteiger partial charge in [0.1, 0.15) is 6.10 Å². The highest BCUT2D eigenvalue weighted by Crippen LogP contribution is 2.22. The number of carboxylic acids is 1. The molecule has 0 aliphatic carbocycles. The SMILES string of the molecule is Cn1cc(CNC(=O)[C@@H]2CC[C@H](C(=O)O)O2)c(-c2ccccc2)n1. The predicted molar refractivity (Wildman–Crippen MR) is 86.0 cm³/mol. The van der Waals surface area contributed by atoms with E-state index in [1.54, 1.807) is 4.68 Å². The number of ether oxygens (including phenoxy) is 1. The molecule has 2 heterocycles. The molecule has 2 atom stereocenters. The lowest BCUT2D eigenvalue weighted by atomic mass is 10.1. The van der Waals surface area contributed by atoms with Gasteiger partial charge in [0.25, 0.3) is 0 Å². The summed E-state index contributed by atoms with van der Waals surface area (Å²) < 4.78 is 6.97. The van der Waals surface area contributed by atoms with Crippen LogP contribution in [0.15, 0.2) is 36.5 Å². The number of aromatic nitrogens is 2. The highest BCUT2D eigenvalue weighted by molar-refractivity contribution is 5.82. The second kappa shape index (κ2) is 6.84. The molecule has 1 saturated heterocycles. The Labute approximate surface area is 139 Å². The Kier molecular flexibility index (Phi) is 4.61. The lowest BCUT2D eigenvalue weighted by Crippen LogP contribution is -2.35. The van der Waals surface area contributed by atoms with Gasteiger partial charge in [-0.15, -0.1) is 0 Å². The third-order valence-electron chi connectivity index (χ3n) is 3.99. The second-order valence-corrected chi connectivity index (χ2v) is 5.79. The van der Waals surface area contributed by atoms with Crippen molar-refractivity contribution in [3.8, 4) is 11.3 Å². The average Bonchev–Trinajstić information content (AvgIpc) is 3.20. The molecule has 1 amide bonds. The minimum absolute atomic E-state index is 0.290. The first kappa shape index (κ1) is 16.2. The van der Waals surface area contributed by atoms with E-state index < -0.39 is 18.2 Å². The van der Waals surface area contributed by atoms with Crippen LogP contribution < -0.4 is 5.32 Å². The molecule has 1 aromatic carbocycles. The first-order valence-electron chi connectivity index (χ1n) is 7.78. The van der Waals surface area contributed by atoms with E-state index in [2.05, 4.69) is 10.4 Å². The molecule has 1 aliphatic rings. The summed E-state index contributed by atoms with van der Waals surface area (Å²) >= 11 is 0. The highest BCUT2D eigenvalue weighted by atomic mass is 16.5. The number of benzene rings is 1. The van der Waals surface area contributed by atoms with Gasteiger partial charge in [-0.25, -0.2) is 4.79 Å². The zero-order chi connectivity index (χ0) is 17.1. The van der Waals surface area contributed by atoms with E-state index in [4.69, 9.17) is 9.84 Å². The van der Waals surface area contributed by atoms with Crippen molar-refractivity contribution in [2.45, 2.75) is 31.6 Å². The molecule has 0 radical (unpaired) electrons. The van der Waals surface area contributed by atoms with E-state index in [1.807, 2.05) is 43.6 Å². The Bertz CT molecular complexity index is 742. The molecule has 0 bridgehead atoms. The van der Waals surface area contributed by atoms with Crippen LogP contribution in [-0.4, -0.2) is 39.0 Å². The van der Waals surface area contributed by atoms with E-state index in [-0.39, 0.29) is 5.91 Å². The molecule has 24 heavy (non-hydrogen) atoms. The predicted octanol–water partition coefficient (Wildman–Crippen LogP) is 1.34. The number of hydrogen-bond acceptors (Lipinski definition) is 4. The number of nitrogens with one attached hydrogen (secondary N) is 1. The van der Waals surface area contributed by atoms with Crippen molar-refractivity contribution >= 4 is 11.9 Å². The van der Waals surface area contributed by atoms with Crippen molar-refractivity contribution in [1.29, 1.82) is 0 Å². The second-order valence-electron chi connectivity index (χ2n) is 5.79. The lowest BCUT2D eigenvalue weighted by molar-refractivity contribution is -0.151. The van der Waals surface area contributed by atoms with Crippen LogP contribution in [0.3, 0.4) is 0 Å². The van der Waals surface area contributed by atoms with Crippen LogP contribution in [-0.2, 0) is 27.9 Å². The van der Waals surface area contributed by atoms with Gasteiger partial charge in [-0.3, -0.25) is 9.48 Å². The number of carboxylic acid groups (broad SMARTS) is 1. The molecule has 3 rings (SSSR count). The van der Waals surface area contributed by atoms with Crippen LogP contribution in [0.25, 0.3) is 11.3 Å². The largest absolute Gasteiger partial charge is 0.479 e. The number of carbonyl (C=O) groups excluding carboxylic acids is 1. The number of hydrogen-bond donors (Lipinski definition) is 2. The van der Waals surface area contributed by atoms with Gasteiger partial charge in [0, 0.05) is 30.9 Å². The van der Waals surface area contributed by atoms with E-state index in [0.29, 0.717) is 19.4 Å². The van der Waals surface area contributed by atoms with Crippen LogP contribution in [0.1, 0.15) is 18.4 Å². The molecule has 2 N–H and O–H groups in total. The van der Waals surface area contributed by atoms with Gasteiger partial charge >= 0.3 is 5.97 Å². The standard InChI is InChI=1S/C17H19N3O4/c1-20-10-12(15(19-20)11-5-3-2-4-6-11)9-18-16(21)13-7-8-14(24-13)17(22)23/h2-6,10,13-14H,7-9H2,1H3,(H,18,21)(H,22,23)/t13-,14+/m0/s1. The molecular weight excluding hydrogens is 310 g/mol. The summed E-state index contributed by atoms with van der Waals surface area (Å²) in [6.45, 7) is 0.314. The Morgan fingerprint density at radius 3 is 2.67 bits per heavy atom. The van der Waals surface area contributed by atoms with Gasteiger partial charge in [-0.2, -0.15) is 5.10 Å². The Balaban J connectivity index is 1.65. The Morgan fingerprint density at radius 1 is 1.29 bits per heavy atom. The van der Waals surface area contributed by atoms with Crippen LogP contribution in [0.5, 0.6) is 0 Å². The normalized spacial score (nSPS) is 20.0. The number of nitrogens with zero attached hydrogens (tertiary/aromatic N) is 2. The summed E-state index contributed by atoms with van der Waals surface area (Å²) in [5, 5.41) is 16.2. The monoisotopic (exact) mass is 329 g/mol. The molecule has 7 heteroatoms. The van der Waals surface area contributed by atoms with E-state index >= 15 is 0 Å². The van der Waals surface area contributed by atoms with E-state index in [9.17, 15) is 9.59 Å². The summed E-state index contributed by atoms with van der Waals surface area (Å²) in [7, 11) is 1.83. The Morgan fingerprint density at radius 2 is 2.00 bits per heavy atom. The smallest absolute Gasteiger partial charge is 0.332 e. The minimum atomic E-state index is -1.02. The lowest BCUT2D eigenvalue weighted by Gasteiger charge is -2.11. The van der Waals surface area contributed by atoms with E-state index in [0.717, 1.165) is 16.8 Å². The molecule has 7 nitrogen and oxygen atoms in total. The summed E-state index contributed by atoms with van der Waals surface area (Å²) in [6, 6.07) is 9.73. The van der Waals surface area contributed by atoms with Crippen LogP contribution >= 0.6 is 0 Å². The molecule has 1 fully saturated rings. The van der Waals surface area contributed by atoms with Crippen molar-refractivity contribution in [2.75, 3.05) is 0 Å². The third-order valence-corrected chi connectivity index (χ3v) is 3.99. The molecule has 2 aromatic rings. The fourth-order valence-corrected chi connectivity index (χ4v) is 2.81. The quantitative estimate of drug-likeness (QED) is 0.863. The molecular formula is C17H19N3O4. The summed E-state index contributed by atoms with van der Waals surface area (Å²) in [5.41, 5.74) is 2.68. The van der Waals surface area contributed by atoms with Crippen LogP contribution in [0.2, 0.25) is 0 Å². The van der Waals surface area contributed by atoms with E-state index in [1.165, 1.54) is 0 Å². The number of aliphatic carboxylic acids is 1. The Hall–Kier alpha value is -2.67. The summed E-state index contributed by atoms with van der Waals surface area (Å²) in [6.07, 6.45) is 1.04. The molecule has 1 aliphatic heterocycles. The number of carbonyl (C=O) groups is 2. The van der Waals surface area contributed by atoms with Crippen molar-refractivity contribution in [1.82, 2.24) is 15.1 Å². The van der Waals surface area contributed by atoms with Crippen molar-refractivity contribution in [3.05, 3.63) is 42.1 Å². The van der Waals surface area contributed by atoms with Gasteiger partial charge in [-0.1, -0.05) is 30.3 Å². The third kappa shape index (κ3) is 3.46. The minimum Gasteiger partial charge on any atom is -0.479 e. The molecule has 1 aromatic heterocycles. The van der Waals surface area contributed by atoms with Gasteiger partial charge in [0.2, 0.25) is 5.91 Å². The molecule has 0 spiro atoms. The molecule has 0 saturated carbocycles. The zero-order valence-electron chi connectivity index (χ0n) is 13.3. The van der Waals surface area contributed by atoms with Crippen molar-refractivity contribution in [2.24, 2.45) is 7.05 Å². The van der Waals surface area contributed by atoms with Crippen LogP contribution in [0, 0.1) is 0 Å². The van der Waals surface area contributed by atoms with Gasteiger partial charge in [-0.05, 0) is 12.8 Å². The molecule has 126 valence electrons. The number of rotatable bonds is 5. The fourth-order valence-electron chi connectivity index (χ4n) is 2.81. The first-order valence-corrected chi connectivity index (χ1v) is 7.78. The van der Waals surface area contributed by atoms with Gasteiger partial charge in [0.05, 0.1) is 5.69 Å². The van der Waals surface area contributed by atoms with Crippen molar-refractivity contribution in [3.63, 3.8) is 0 Å². The maximum absolute atomic E-state index is 12.2. The van der Waals surface area contributed by atoms with Crippen molar-refractivity contribution < 1.29 is 19.4 Å². The maximum atomic E-state index is 12.2. The van der Waals surface area contributed by atoms with Crippen LogP contribution in [0.4, 0.5) is 0 Å².